The van der Waals surface area contributed by atoms with Crippen LogP contribution >= 0.6 is 0 Å². The number of alkyl halides is 3. The Kier molecular flexibility index (Phi) is 7.57. The van der Waals surface area contributed by atoms with Gasteiger partial charge in [-0.1, -0.05) is 6.92 Å². The standard InChI is InChI=1S/C22H21F4N9O4S/c1-3-31-40(38,39)21-13(28-4-5-29-21)8-30-19-15-16(17(27)37)34-35(2)20(15)33-18(32-19)10-6-12(24)14(36)7-11(10)22(25,26)9-23/h4-7,31,36H,3,8-9H2,1-2H3,(H2,27,37)(H,30,32,33). The summed E-state index contributed by atoms with van der Waals surface area (Å²) in [5.41, 5.74) is 3.14. The molecule has 0 aliphatic rings. The van der Waals surface area contributed by atoms with Crippen molar-refractivity contribution >= 4 is 32.8 Å². The molecule has 4 aromatic rings. The maximum Gasteiger partial charge on any atom is 0.301 e. The first-order valence-electron chi connectivity index (χ1n) is 11.4. The average molecular weight is 584 g/mol. The molecule has 1 aromatic carbocycles. The highest BCUT2D eigenvalue weighted by atomic mass is 32.2. The van der Waals surface area contributed by atoms with Gasteiger partial charge >= 0.3 is 5.92 Å². The molecular formula is C22H21F4N9O4S. The quantitative estimate of drug-likeness (QED) is 0.200. The van der Waals surface area contributed by atoms with Crippen LogP contribution in [0.4, 0.5) is 23.4 Å². The van der Waals surface area contributed by atoms with Gasteiger partial charge in [0, 0.05) is 37.1 Å². The summed E-state index contributed by atoms with van der Waals surface area (Å²) in [4.78, 5) is 28.3. The van der Waals surface area contributed by atoms with E-state index >= 15 is 0 Å². The monoisotopic (exact) mass is 583 g/mol. The lowest BCUT2D eigenvalue weighted by Crippen LogP contribution is -2.26. The fraction of sp³-hybridized carbons (Fsp3) is 0.273. The lowest BCUT2D eigenvalue weighted by molar-refractivity contribution is -0.0277. The van der Waals surface area contributed by atoms with Gasteiger partial charge in [0.2, 0.25) is 0 Å². The fourth-order valence-corrected chi connectivity index (χ4v) is 4.97. The first-order valence-corrected chi connectivity index (χ1v) is 12.8. The van der Waals surface area contributed by atoms with Gasteiger partial charge in [0.05, 0.1) is 17.6 Å². The summed E-state index contributed by atoms with van der Waals surface area (Å²) in [6.07, 6.45) is 2.39. The molecule has 3 heterocycles. The highest BCUT2D eigenvalue weighted by molar-refractivity contribution is 7.89. The van der Waals surface area contributed by atoms with E-state index < -0.39 is 62.1 Å². The molecule has 5 N–H and O–H groups in total. The second-order valence-electron chi connectivity index (χ2n) is 8.28. The number of halogens is 4. The van der Waals surface area contributed by atoms with Crippen LogP contribution in [-0.2, 0) is 29.5 Å². The third-order valence-corrected chi connectivity index (χ3v) is 7.07. The third kappa shape index (κ3) is 5.22. The number of nitrogens with zero attached hydrogens (tertiary/aromatic N) is 6. The van der Waals surface area contributed by atoms with Crippen LogP contribution in [0, 0.1) is 5.82 Å². The lowest BCUT2D eigenvalue weighted by atomic mass is 10.0. The van der Waals surface area contributed by atoms with E-state index in [1.807, 2.05) is 0 Å². The number of phenolic OH excluding ortho intramolecular Hbond substituents is 1. The number of amides is 1. The van der Waals surface area contributed by atoms with Gasteiger partial charge < -0.3 is 16.2 Å². The molecule has 0 fully saturated rings. The number of nitrogens with one attached hydrogen (secondary N) is 2. The number of hydrogen-bond donors (Lipinski definition) is 4. The smallest absolute Gasteiger partial charge is 0.301 e. The minimum atomic E-state index is -4.16. The van der Waals surface area contributed by atoms with Crippen molar-refractivity contribution in [3.63, 3.8) is 0 Å². The number of rotatable bonds is 10. The summed E-state index contributed by atoms with van der Waals surface area (Å²) in [6, 6.07) is 0.870. The molecular weight excluding hydrogens is 562 g/mol. The molecule has 0 bridgehead atoms. The van der Waals surface area contributed by atoms with E-state index in [0.29, 0.717) is 12.1 Å². The number of hydrogen-bond acceptors (Lipinski definition) is 10. The number of carbonyl (C=O) groups is 1. The number of fused-ring (bicyclic) bond motifs is 1. The third-order valence-electron chi connectivity index (χ3n) is 5.55. The van der Waals surface area contributed by atoms with E-state index in [2.05, 4.69) is 35.1 Å². The minimum Gasteiger partial charge on any atom is -0.505 e. The van der Waals surface area contributed by atoms with E-state index in [4.69, 9.17) is 5.73 Å². The zero-order chi connectivity index (χ0) is 29.4. The zero-order valence-corrected chi connectivity index (χ0v) is 21.6. The molecule has 0 spiro atoms. The normalized spacial score (nSPS) is 12.2. The Labute approximate surface area is 223 Å². The zero-order valence-electron chi connectivity index (χ0n) is 20.8. The van der Waals surface area contributed by atoms with Crippen molar-refractivity contribution < 1.29 is 35.9 Å². The number of carbonyl (C=O) groups excluding carboxylic acids is 1. The van der Waals surface area contributed by atoms with Gasteiger partial charge in [-0.05, 0) is 12.1 Å². The Morgan fingerprint density at radius 3 is 2.55 bits per heavy atom. The van der Waals surface area contributed by atoms with Gasteiger partial charge in [0.25, 0.3) is 15.9 Å². The van der Waals surface area contributed by atoms with Crippen LogP contribution in [0.5, 0.6) is 5.75 Å². The predicted molar refractivity (Wildman–Crippen MR) is 132 cm³/mol. The van der Waals surface area contributed by atoms with Crippen molar-refractivity contribution in [1.82, 2.24) is 34.4 Å². The molecule has 4 rings (SSSR count). The fourth-order valence-electron chi connectivity index (χ4n) is 3.82. The summed E-state index contributed by atoms with van der Waals surface area (Å²) in [6.45, 7) is -0.921. The number of aromatic nitrogens is 6. The van der Waals surface area contributed by atoms with Crippen LogP contribution in [0.3, 0.4) is 0 Å². The van der Waals surface area contributed by atoms with Crippen molar-refractivity contribution in [2.24, 2.45) is 12.8 Å². The maximum atomic E-state index is 14.5. The molecule has 40 heavy (non-hydrogen) atoms. The van der Waals surface area contributed by atoms with Crippen molar-refractivity contribution in [3.8, 4) is 17.1 Å². The van der Waals surface area contributed by atoms with Crippen LogP contribution < -0.4 is 15.8 Å². The second-order valence-corrected chi connectivity index (χ2v) is 9.96. The summed E-state index contributed by atoms with van der Waals surface area (Å²) in [5.74, 6) is -8.43. The van der Waals surface area contributed by atoms with Crippen LogP contribution in [0.2, 0.25) is 0 Å². The topological polar surface area (TPSA) is 191 Å². The minimum absolute atomic E-state index is 0.0639. The van der Waals surface area contributed by atoms with Gasteiger partial charge in [-0.2, -0.15) is 13.9 Å². The first kappa shape index (κ1) is 28.6. The molecule has 18 heteroatoms. The molecule has 0 aliphatic heterocycles. The Hall–Kier alpha value is -4.45. The number of aryl methyl sites for hydroxylation is 1. The van der Waals surface area contributed by atoms with Gasteiger partial charge in [0.15, 0.2) is 40.4 Å². The van der Waals surface area contributed by atoms with E-state index in [1.165, 1.54) is 13.2 Å². The first-order chi connectivity index (χ1) is 18.8. The van der Waals surface area contributed by atoms with Crippen molar-refractivity contribution in [1.29, 1.82) is 0 Å². The molecule has 0 saturated heterocycles. The summed E-state index contributed by atoms with van der Waals surface area (Å²) >= 11 is 0. The molecule has 0 saturated carbocycles. The highest BCUT2D eigenvalue weighted by Gasteiger charge is 2.37. The van der Waals surface area contributed by atoms with Crippen LogP contribution in [0.1, 0.15) is 28.7 Å². The number of nitrogens with two attached hydrogens (primary N) is 1. The van der Waals surface area contributed by atoms with Gasteiger partial charge in [-0.3, -0.25) is 9.78 Å². The highest BCUT2D eigenvalue weighted by Crippen LogP contribution is 2.39. The molecule has 0 radical (unpaired) electrons. The van der Waals surface area contributed by atoms with E-state index in [0.717, 1.165) is 10.9 Å². The Bertz CT molecular complexity index is 1730. The van der Waals surface area contributed by atoms with Crippen LogP contribution in [-0.4, -0.2) is 62.4 Å². The number of primary amides is 1. The van der Waals surface area contributed by atoms with E-state index in [-0.39, 0.29) is 41.3 Å². The summed E-state index contributed by atoms with van der Waals surface area (Å²) in [5, 5.41) is 15.9. The predicted octanol–water partition coefficient (Wildman–Crippen LogP) is 1.74. The van der Waals surface area contributed by atoms with Crippen molar-refractivity contribution in [3.05, 3.63) is 47.3 Å². The number of anilines is 1. The van der Waals surface area contributed by atoms with Crippen LogP contribution in [0.25, 0.3) is 22.4 Å². The molecule has 1 amide bonds. The second kappa shape index (κ2) is 10.6. The van der Waals surface area contributed by atoms with Crippen LogP contribution in [0.15, 0.2) is 29.6 Å². The molecule has 13 nitrogen and oxygen atoms in total. The number of sulfonamides is 1. The van der Waals surface area contributed by atoms with Crippen molar-refractivity contribution in [2.75, 3.05) is 18.5 Å². The summed E-state index contributed by atoms with van der Waals surface area (Å²) < 4.78 is 85.1. The Balaban J connectivity index is 1.93. The molecule has 0 unspecified atom stereocenters. The number of benzene rings is 1. The number of aromatic hydroxyl groups is 1. The Morgan fingerprint density at radius 1 is 1.20 bits per heavy atom. The van der Waals surface area contributed by atoms with Crippen molar-refractivity contribution in [2.45, 2.75) is 24.4 Å². The lowest BCUT2D eigenvalue weighted by Gasteiger charge is -2.18. The molecule has 212 valence electrons. The maximum absolute atomic E-state index is 14.5. The van der Waals surface area contributed by atoms with Gasteiger partial charge in [-0.15, -0.1) is 0 Å². The largest absolute Gasteiger partial charge is 0.505 e. The summed E-state index contributed by atoms with van der Waals surface area (Å²) in [7, 11) is -2.71. The van der Waals surface area contributed by atoms with Gasteiger partial charge in [0.1, 0.15) is 5.82 Å². The molecule has 3 aromatic heterocycles. The molecule has 0 aliphatic carbocycles. The van der Waals surface area contributed by atoms with E-state index in [1.54, 1.807) is 6.92 Å². The average Bonchev–Trinajstić information content (AvgIpc) is 3.25. The SMILES string of the molecule is CCNS(=O)(=O)c1nccnc1CNc1nc(-c2cc(F)c(O)cc2C(F)(F)CF)nc2c1c(C(N)=O)nn2C. The number of phenols is 1. The Morgan fingerprint density at radius 2 is 1.90 bits per heavy atom. The molecule has 0 atom stereocenters. The van der Waals surface area contributed by atoms with E-state index in [9.17, 15) is 35.9 Å². The van der Waals surface area contributed by atoms with Gasteiger partial charge in [-0.25, -0.2) is 41.6 Å².